The first kappa shape index (κ1) is 51.8. The molecule has 0 unspecified atom stereocenters. The third-order valence-electron chi connectivity index (χ3n) is 4.95. The molecule has 0 aromatic carbocycles. The van der Waals surface area contributed by atoms with Gasteiger partial charge in [-0.25, -0.2) is 19.0 Å². The Balaban J connectivity index is -0.000000546. The first-order chi connectivity index (χ1) is 23.4. The van der Waals surface area contributed by atoms with Crippen molar-refractivity contribution in [1.29, 1.82) is 0 Å². The fraction of sp³-hybridized carbons (Fsp3) is 0.533. The van der Waals surface area contributed by atoms with E-state index in [1.165, 1.54) is 16.0 Å². The van der Waals surface area contributed by atoms with E-state index in [0.29, 0.717) is 29.3 Å². The molecule has 53 heavy (non-hydrogen) atoms. The van der Waals surface area contributed by atoms with Crippen LogP contribution in [-0.2, 0) is 14.1 Å². The van der Waals surface area contributed by atoms with Gasteiger partial charge in [-0.1, -0.05) is 49.1 Å². The summed E-state index contributed by atoms with van der Waals surface area (Å²) in [6, 6.07) is 1.89. The van der Waals surface area contributed by atoms with Crippen LogP contribution in [0.4, 0.5) is 0 Å². The first-order valence-corrected chi connectivity index (χ1v) is 15.7. The molecular weight excluding hydrogens is 729 g/mol. The minimum absolute atomic E-state index is 0. The van der Waals surface area contributed by atoms with Gasteiger partial charge in [-0.15, -0.1) is 20.4 Å². The van der Waals surface area contributed by atoms with Crippen LogP contribution >= 0.6 is 23.6 Å². The minimum atomic E-state index is -0.502. The largest absolute Gasteiger partial charge is 0.438 e. The first-order valence-electron chi connectivity index (χ1n) is 14.5. The summed E-state index contributed by atoms with van der Waals surface area (Å²) in [5, 5.41) is 43.3. The normalized spacial score (nSPS) is 10.2. The molecule has 0 fully saturated rings. The number of H-pyrrole nitrogens is 3. The van der Waals surface area contributed by atoms with E-state index in [4.69, 9.17) is 21.2 Å². The zero-order valence-corrected chi connectivity index (χ0v) is 31.6. The number of aromatic amines is 3. The van der Waals surface area contributed by atoms with E-state index in [1.807, 2.05) is 47.7 Å². The Bertz CT molecular complexity index is 1920. The number of aromatic nitrogens is 14. The molecule has 0 bridgehead atoms. The van der Waals surface area contributed by atoms with E-state index in [1.54, 1.807) is 46.3 Å². The van der Waals surface area contributed by atoms with Crippen molar-refractivity contribution in [3.05, 3.63) is 76.8 Å². The predicted molar refractivity (Wildman–Crippen MR) is 207 cm³/mol. The molecule has 0 atom stereocenters. The van der Waals surface area contributed by atoms with E-state index in [9.17, 15) is 9.59 Å². The summed E-state index contributed by atoms with van der Waals surface area (Å²) in [5.74, 6) is 3.45. The second kappa shape index (κ2) is 27.1. The molecule has 7 heterocycles. The summed E-state index contributed by atoms with van der Waals surface area (Å²) < 4.78 is 17.5. The van der Waals surface area contributed by atoms with Gasteiger partial charge >= 0.3 is 11.4 Å². The minimum Gasteiger partial charge on any atom is -0.426 e. The third kappa shape index (κ3) is 24.3. The van der Waals surface area contributed by atoms with Crippen molar-refractivity contribution in [1.82, 2.24) is 70.7 Å². The van der Waals surface area contributed by atoms with Crippen molar-refractivity contribution < 1.29 is 13.5 Å². The Morgan fingerprint density at radius 1 is 0.755 bits per heavy atom. The summed E-state index contributed by atoms with van der Waals surface area (Å²) in [6.45, 7) is 18.4. The van der Waals surface area contributed by atoms with Gasteiger partial charge in [0.05, 0.1) is 5.69 Å². The Hall–Kier alpha value is -5.58. The number of tetrazole rings is 1. The van der Waals surface area contributed by atoms with Crippen molar-refractivity contribution in [2.45, 2.75) is 97.9 Å². The van der Waals surface area contributed by atoms with Crippen LogP contribution in [0.1, 0.15) is 88.3 Å². The number of nitrogens with zero attached hydrogens (tertiary/aromatic N) is 13. The van der Waals surface area contributed by atoms with Crippen LogP contribution in [-0.4, -0.2) is 82.1 Å². The van der Waals surface area contributed by atoms with Crippen molar-refractivity contribution in [2.75, 3.05) is 0 Å². The highest BCUT2D eigenvalue weighted by atomic mass is 32.1. The lowest BCUT2D eigenvalue weighted by Gasteiger charge is -1.80. The van der Waals surface area contributed by atoms with Crippen LogP contribution in [0.3, 0.4) is 0 Å². The van der Waals surface area contributed by atoms with Gasteiger partial charge in [0.2, 0.25) is 11.8 Å². The number of hydrogen-bond acceptors (Lipinski definition) is 18. The Morgan fingerprint density at radius 2 is 1.34 bits per heavy atom. The molecule has 21 nitrogen and oxygen atoms in total. The summed E-state index contributed by atoms with van der Waals surface area (Å²) in [7, 11) is 3.46. The number of rotatable bonds is 0. The molecule has 0 spiro atoms. The molecule has 7 rings (SSSR count). The highest BCUT2D eigenvalue weighted by Gasteiger charge is 2.00. The molecule has 0 amide bonds. The molecule has 296 valence electrons. The number of aryl methyl sites for hydroxylation is 10. The van der Waals surface area contributed by atoms with Gasteiger partial charge in [0.25, 0.3) is 0 Å². The molecule has 1 aliphatic rings. The second-order valence-corrected chi connectivity index (χ2v) is 11.9. The summed E-state index contributed by atoms with van der Waals surface area (Å²) in [4.78, 5) is 25.3. The van der Waals surface area contributed by atoms with E-state index in [0.717, 1.165) is 38.3 Å². The molecule has 6 aromatic rings. The molecule has 0 saturated carbocycles. The molecule has 1 aliphatic heterocycles. The highest BCUT2D eigenvalue weighted by molar-refractivity contribution is 7.73. The molecule has 23 heteroatoms. The Kier molecular flexibility index (Phi) is 26.5. The van der Waals surface area contributed by atoms with Gasteiger partial charge in [0, 0.05) is 51.9 Å². The standard InChI is InChI=1S/C5H8N2.C5H7NO.C4H7N3O.C4H6N2O.C4H6N2S2.C3H4N2O2.C2H4N4.3CH4/c2*1-4-3-5(2)7-6-4;1-3-5-4(8)7(2)6-3;1-3-5-6-4(2)7-3;1-3-5-6(2)4(7)8-3;1-2-4-3(6)7-5-2;1-2-3-5-6-4-2;;;/h3H2,1-2H3;3H,1-2H3;1-2H3,(H,5,6,8);1-2H3;1-2H3;1H3,(H,4,5,6);1H3,(H,3,4,5,6);3*1H4. The molecule has 3 N–H and O–H groups in total. The van der Waals surface area contributed by atoms with Gasteiger partial charge in [-0.3, -0.25) is 14.5 Å². The van der Waals surface area contributed by atoms with Crippen LogP contribution in [0.15, 0.2) is 39.3 Å². The SMILES string of the molecule is C.C.C.CC1=NN=C(C)C1.Cc1cc(C)on1.Cc1nn(C)c(=O)[nH]1.Cc1nn(C)c(=S)s1.Cc1nn[nH]n1.Cc1nnc(C)o1.Cc1noc(=O)[nH]1. The van der Waals surface area contributed by atoms with E-state index >= 15 is 0 Å². The average Bonchev–Trinajstić information content (AvgIpc) is 3.91. The topological polar surface area (TPSA) is 272 Å². The van der Waals surface area contributed by atoms with Gasteiger partial charge in [-0.2, -0.15) is 25.6 Å². The molecule has 0 aliphatic carbocycles. The summed E-state index contributed by atoms with van der Waals surface area (Å²) in [5.41, 5.74) is 3.02. The van der Waals surface area contributed by atoms with Gasteiger partial charge in [0.1, 0.15) is 22.4 Å². The quantitative estimate of drug-likeness (QED) is 0.166. The lowest BCUT2D eigenvalue weighted by molar-refractivity contribution is 0.383. The highest BCUT2D eigenvalue weighted by Crippen LogP contribution is 2.03. The van der Waals surface area contributed by atoms with Gasteiger partial charge < -0.3 is 8.94 Å². The van der Waals surface area contributed by atoms with Gasteiger partial charge in [0.15, 0.2) is 9.78 Å². The van der Waals surface area contributed by atoms with E-state index in [-0.39, 0.29) is 28.0 Å². The zero-order chi connectivity index (χ0) is 37.8. The molecular formula is C30H54N16O5S2. The van der Waals surface area contributed by atoms with Gasteiger partial charge in [-0.05, 0) is 67.6 Å². The monoisotopic (exact) mass is 782 g/mol. The zero-order valence-electron chi connectivity index (χ0n) is 30.0. The van der Waals surface area contributed by atoms with Crippen molar-refractivity contribution in [3.8, 4) is 0 Å². The van der Waals surface area contributed by atoms with Crippen LogP contribution < -0.4 is 11.4 Å². The number of nitrogens with one attached hydrogen (secondary N) is 3. The van der Waals surface area contributed by atoms with Crippen molar-refractivity contribution >= 4 is 35.0 Å². The maximum Gasteiger partial charge on any atom is 0.438 e. The average molecular weight is 783 g/mol. The van der Waals surface area contributed by atoms with Crippen LogP contribution in [0.25, 0.3) is 0 Å². The summed E-state index contributed by atoms with van der Waals surface area (Å²) in [6.07, 6.45) is 0.972. The lowest BCUT2D eigenvalue weighted by atomic mass is 10.2. The van der Waals surface area contributed by atoms with E-state index in [2.05, 4.69) is 76.0 Å². The lowest BCUT2D eigenvalue weighted by Crippen LogP contribution is -2.13. The molecule has 6 aromatic heterocycles. The Morgan fingerprint density at radius 3 is 1.47 bits per heavy atom. The maximum absolute atomic E-state index is 10.5. The van der Waals surface area contributed by atoms with Crippen LogP contribution in [0.2, 0.25) is 0 Å². The predicted octanol–water partition coefficient (Wildman–Crippen LogP) is 5.23. The van der Waals surface area contributed by atoms with Crippen LogP contribution in [0.5, 0.6) is 0 Å². The fourth-order valence-electron chi connectivity index (χ4n) is 3.01. The molecule has 0 saturated heterocycles. The van der Waals surface area contributed by atoms with Crippen molar-refractivity contribution in [2.24, 2.45) is 24.3 Å². The number of hydrogen-bond donors (Lipinski definition) is 3. The third-order valence-corrected chi connectivity index (χ3v) is 6.28. The smallest absolute Gasteiger partial charge is 0.426 e. The van der Waals surface area contributed by atoms with Crippen LogP contribution in [0, 0.1) is 59.3 Å². The Labute approximate surface area is 317 Å². The molecule has 0 radical (unpaired) electrons. The van der Waals surface area contributed by atoms with Crippen molar-refractivity contribution in [3.63, 3.8) is 0 Å². The summed E-state index contributed by atoms with van der Waals surface area (Å²) >= 11 is 6.43. The fourth-order valence-corrected chi connectivity index (χ4v) is 4.00. The second-order valence-electron chi connectivity index (χ2n) is 10.1. The maximum atomic E-state index is 10.5. The van der Waals surface area contributed by atoms with E-state index < -0.39 is 5.76 Å².